The smallest absolute Gasteiger partial charge is 0.251 e. The number of benzene rings is 2. The Morgan fingerprint density at radius 1 is 1.11 bits per heavy atom. The van der Waals surface area contributed by atoms with Gasteiger partial charge in [0.1, 0.15) is 0 Å². The van der Waals surface area contributed by atoms with Crippen molar-refractivity contribution in [1.82, 2.24) is 14.9 Å². The molecule has 1 saturated carbocycles. The summed E-state index contributed by atoms with van der Waals surface area (Å²) in [4.78, 5) is 28.4. The van der Waals surface area contributed by atoms with Crippen molar-refractivity contribution in [2.24, 2.45) is 11.8 Å². The van der Waals surface area contributed by atoms with E-state index in [-0.39, 0.29) is 17.7 Å². The first-order valence-corrected chi connectivity index (χ1v) is 9.36. The maximum Gasteiger partial charge on any atom is 0.251 e. The van der Waals surface area contributed by atoms with E-state index in [9.17, 15) is 9.59 Å². The molecule has 0 saturated heterocycles. The van der Waals surface area contributed by atoms with Crippen molar-refractivity contribution in [2.45, 2.75) is 19.9 Å². The molecule has 1 aliphatic rings. The van der Waals surface area contributed by atoms with E-state index in [2.05, 4.69) is 22.5 Å². The summed E-state index contributed by atoms with van der Waals surface area (Å²) in [6.07, 6.45) is 6.31. The van der Waals surface area contributed by atoms with Gasteiger partial charge >= 0.3 is 0 Å². The molecule has 0 spiro atoms. The van der Waals surface area contributed by atoms with Gasteiger partial charge in [-0.1, -0.05) is 19.1 Å². The molecule has 2 N–H and O–H groups in total. The molecule has 0 aliphatic heterocycles. The average molecular weight is 374 g/mol. The summed E-state index contributed by atoms with van der Waals surface area (Å²) >= 11 is 0. The molecule has 0 radical (unpaired) electrons. The molecule has 1 aromatic heterocycles. The fourth-order valence-corrected chi connectivity index (χ4v) is 3.11. The van der Waals surface area contributed by atoms with Crippen LogP contribution in [0.5, 0.6) is 0 Å². The maximum atomic E-state index is 12.4. The summed E-state index contributed by atoms with van der Waals surface area (Å²) in [6.45, 7) is 2.52. The summed E-state index contributed by atoms with van der Waals surface area (Å²) in [5.74, 6) is 0.512. The molecule has 3 aromatic rings. The number of imidazole rings is 1. The van der Waals surface area contributed by atoms with Crippen LogP contribution in [0.1, 0.15) is 29.3 Å². The average Bonchev–Trinajstić information content (AvgIpc) is 3.21. The van der Waals surface area contributed by atoms with Crippen LogP contribution >= 0.6 is 0 Å². The van der Waals surface area contributed by atoms with E-state index < -0.39 is 0 Å². The molecular formula is C22H22N4O2. The molecule has 6 heteroatoms. The predicted octanol–water partition coefficient (Wildman–Crippen LogP) is 3.40. The van der Waals surface area contributed by atoms with Crippen LogP contribution in [-0.4, -0.2) is 21.4 Å². The van der Waals surface area contributed by atoms with Crippen molar-refractivity contribution in [2.75, 3.05) is 5.32 Å². The standard InChI is InChI=1S/C22H22N4O2/c1-15-12-20(15)22(28)25-18-6-4-17(5-7-18)21(27)24-13-16-2-8-19(9-3-16)26-11-10-23-14-26/h2-11,14-15,20H,12-13H2,1H3,(H,24,27)(H,25,28). The fourth-order valence-electron chi connectivity index (χ4n) is 3.11. The summed E-state index contributed by atoms with van der Waals surface area (Å²) in [5.41, 5.74) is 3.31. The summed E-state index contributed by atoms with van der Waals surface area (Å²) in [7, 11) is 0. The van der Waals surface area contributed by atoms with Gasteiger partial charge in [0.15, 0.2) is 0 Å². The molecule has 6 nitrogen and oxygen atoms in total. The lowest BCUT2D eigenvalue weighted by molar-refractivity contribution is -0.117. The van der Waals surface area contributed by atoms with Crippen molar-refractivity contribution >= 4 is 17.5 Å². The first-order chi connectivity index (χ1) is 13.6. The SMILES string of the molecule is CC1CC1C(=O)Nc1ccc(C(=O)NCc2ccc(-n3ccnc3)cc2)cc1. The number of amides is 2. The predicted molar refractivity (Wildman–Crippen MR) is 107 cm³/mol. The van der Waals surface area contributed by atoms with Gasteiger partial charge in [0, 0.05) is 41.8 Å². The highest BCUT2D eigenvalue weighted by atomic mass is 16.2. The van der Waals surface area contributed by atoms with Crippen molar-refractivity contribution in [3.8, 4) is 5.69 Å². The van der Waals surface area contributed by atoms with Crippen molar-refractivity contribution < 1.29 is 9.59 Å². The molecule has 2 aromatic carbocycles. The number of nitrogens with zero attached hydrogens (tertiary/aromatic N) is 2. The number of aromatic nitrogens is 2. The third kappa shape index (κ3) is 4.11. The number of carbonyl (C=O) groups is 2. The summed E-state index contributed by atoms with van der Waals surface area (Å²) in [5, 5.41) is 5.82. The van der Waals surface area contributed by atoms with Crippen LogP contribution in [0.25, 0.3) is 5.69 Å². The lowest BCUT2D eigenvalue weighted by atomic mass is 10.1. The lowest BCUT2D eigenvalue weighted by Gasteiger charge is -2.08. The van der Waals surface area contributed by atoms with Crippen LogP contribution in [0.4, 0.5) is 5.69 Å². The molecule has 2 atom stereocenters. The molecule has 2 unspecified atom stereocenters. The van der Waals surface area contributed by atoms with Gasteiger partial charge in [-0.15, -0.1) is 0 Å². The second-order valence-electron chi connectivity index (χ2n) is 7.21. The Morgan fingerprint density at radius 3 is 2.43 bits per heavy atom. The van der Waals surface area contributed by atoms with E-state index in [0.717, 1.165) is 23.4 Å². The van der Waals surface area contributed by atoms with Gasteiger partial charge in [-0.25, -0.2) is 4.98 Å². The number of carbonyl (C=O) groups excluding carboxylic acids is 2. The van der Waals surface area contributed by atoms with Gasteiger partial charge < -0.3 is 15.2 Å². The molecule has 28 heavy (non-hydrogen) atoms. The minimum absolute atomic E-state index is 0.0591. The van der Waals surface area contributed by atoms with E-state index >= 15 is 0 Å². The monoisotopic (exact) mass is 374 g/mol. The number of nitrogens with one attached hydrogen (secondary N) is 2. The zero-order chi connectivity index (χ0) is 19.5. The number of hydrogen-bond donors (Lipinski definition) is 2. The Kier molecular flexibility index (Phi) is 4.93. The zero-order valence-electron chi connectivity index (χ0n) is 15.6. The van der Waals surface area contributed by atoms with Gasteiger partial charge in [0.25, 0.3) is 5.91 Å². The number of anilines is 1. The van der Waals surface area contributed by atoms with Crippen molar-refractivity contribution in [1.29, 1.82) is 0 Å². The molecule has 4 rings (SSSR count). The van der Waals surface area contributed by atoms with Crippen LogP contribution in [0.2, 0.25) is 0 Å². The zero-order valence-corrected chi connectivity index (χ0v) is 15.6. The summed E-state index contributed by atoms with van der Waals surface area (Å²) in [6, 6.07) is 14.9. The van der Waals surface area contributed by atoms with E-state index in [4.69, 9.17) is 0 Å². The van der Waals surface area contributed by atoms with E-state index in [1.54, 1.807) is 36.8 Å². The van der Waals surface area contributed by atoms with Gasteiger partial charge in [-0.2, -0.15) is 0 Å². The Bertz CT molecular complexity index is 963. The Hall–Kier alpha value is -3.41. The second-order valence-corrected chi connectivity index (χ2v) is 7.21. The highest BCUT2D eigenvalue weighted by Crippen LogP contribution is 2.38. The van der Waals surface area contributed by atoms with Crippen molar-refractivity contribution in [3.63, 3.8) is 0 Å². The maximum absolute atomic E-state index is 12.4. The summed E-state index contributed by atoms with van der Waals surface area (Å²) < 4.78 is 1.92. The largest absolute Gasteiger partial charge is 0.348 e. The molecule has 1 fully saturated rings. The molecule has 0 bridgehead atoms. The van der Waals surface area contributed by atoms with Crippen LogP contribution in [0, 0.1) is 11.8 Å². The number of rotatable bonds is 6. The van der Waals surface area contributed by atoms with E-state index in [1.807, 2.05) is 35.0 Å². The highest BCUT2D eigenvalue weighted by Gasteiger charge is 2.39. The Balaban J connectivity index is 1.30. The highest BCUT2D eigenvalue weighted by molar-refractivity contribution is 5.96. The van der Waals surface area contributed by atoms with Gasteiger partial charge in [0.2, 0.25) is 5.91 Å². The normalized spacial score (nSPS) is 17.8. The van der Waals surface area contributed by atoms with Gasteiger partial charge in [0.05, 0.1) is 6.33 Å². The minimum atomic E-state index is -0.146. The van der Waals surface area contributed by atoms with E-state index in [0.29, 0.717) is 18.0 Å². The molecule has 1 heterocycles. The Labute approximate surface area is 163 Å². The van der Waals surface area contributed by atoms with Gasteiger partial charge in [-0.3, -0.25) is 9.59 Å². The van der Waals surface area contributed by atoms with Crippen LogP contribution < -0.4 is 10.6 Å². The van der Waals surface area contributed by atoms with Crippen LogP contribution in [0.3, 0.4) is 0 Å². The first kappa shape index (κ1) is 18.0. The molecule has 1 aliphatic carbocycles. The topological polar surface area (TPSA) is 76.0 Å². The first-order valence-electron chi connectivity index (χ1n) is 9.36. The van der Waals surface area contributed by atoms with Crippen molar-refractivity contribution in [3.05, 3.63) is 78.4 Å². The fraction of sp³-hybridized carbons (Fsp3) is 0.227. The quantitative estimate of drug-likeness (QED) is 0.694. The molecular weight excluding hydrogens is 352 g/mol. The van der Waals surface area contributed by atoms with Gasteiger partial charge in [-0.05, 0) is 54.3 Å². The molecule has 2 amide bonds. The van der Waals surface area contributed by atoms with Crippen LogP contribution in [-0.2, 0) is 11.3 Å². The third-order valence-electron chi connectivity index (χ3n) is 5.05. The second kappa shape index (κ2) is 7.68. The third-order valence-corrected chi connectivity index (χ3v) is 5.05. The lowest BCUT2D eigenvalue weighted by Crippen LogP contribution is -2.22. The molecule has 142 valence electrons. The minimum Gasteiger partial charge on any atom is -0.348 e. The number of hydrogen-bond acceptors (Lipinski definition) is 3. The van der Waals surface area contributed by atoms with E-state index in [1.165, 1.54) is 0 Å². The van der Waals surface area contributed by atoms with Crippen LogP contribution in [0.15, 0.2) is 67.3 Å². The Morgan fingerprint density at radius 2 is 1.82 bits per heavy atom.